The minimum absolute atomic E-state index is 0.0625. The van der Waals surface area contributed by atoms with Gasteiger partial charge in [0.15, 0.2) is 0 Å². The monoisotopic (exact) mass is 272 g/mol. The maximum Gasteiger partial charge on any atom is 0.0858 e. The summed E-state index contributed by atoms with van der Waals surface area (Å²) >= 11 is 3.42. The van der Waals surface area contributed by atoms with Crippen molar-refractivity contribution in [3.05, 3.63) is 34.3 Å². The number of hydrogen-bond acceptors (Lipinski definition) is 3. The third-order valence-electron chi connectivity index (χ3n) is 2.35. The van der Waals surface area contributed by atoms with Crippen LogP contribution in [0.25, 0.3) is 0 Å². The molecule has 1 rings (SSSR count). The Morgan fingerprint density at radius 2 is 2.13 bits per heavy atom. The molecule has 0 heterocycles. The average molecular weight is 273 g/mol. The van der Waals surface area contributed by atoms with Crippen molar-refractivity contribution in [1.82, 2.24) is 4.90 Å². The maximum atomic E-state index is 9.85. The molecule has 4 heteroatoms. The van der Waals surface area contributed by atoms with Crippen LogP contribution in [0.3, 0.4) is 0 Å². The third kappa shape index (κ3) is 3.28. The fourth-order valence-electron chi connectivity index (χ4n) is 1.68. The van der Waals surface area contributed by atoms with Crippen molar-refractivity contribution in [2.75, 3.05) is 20.6 Å². The number of rotatable bonds is 4. The van der Waals surface area contributed by atoms with Crippen LogP contribution in [0.2, 0.25) is 0 Å². The molecule has 0 aromatic heterocycles. The number of aliphatic hydroxyl groups is 1. The van der Waals surface area contributed by atoms with E-state index in [0.29, 0.717) is 0 Å². The summed E-state index contributed by atoms with van der Waals surface area (Å²) in [7, 11) is 3.87. The molecule has 0 aliphatic carbocycles. The maximum absolute atomic E-state index is 9.85. The van der Waals surface area contributed by atoms with E-state index in [1.165, 1.54) is 0 Å². The summed E-state index contributed by atoms with van der Waals surface area (Å²) in [6.07, 6.45) is -0.547. The number of nitrogens with zero attached hydrogens (tertiary/aromatic N) is 1. The molecule has 0 radical (unpaired) electrons. The Morgan fingerprint density at radius 1 is 1.47 bits per heavy atom. The lowest BCUT2D eigenvalue weighted by molar-refractivity contribution is 0.0823. The fourth-order valence-corrected chi connectivity index (χ4v) is 2.10. The van der Waals surface area contributed by atoms with E-state index in [1.54, 1.807) is 0 Å². The lowest BCUT2D eigenvalue weighted by Crippen LogP contribution is -2.36. The van der Waals surface area contributed by atoms with Crippen LogP contribution in [-0.4, -0.2) is 36.8 Å². The SMILES string of the molecule is CN(C)C(c1cccc(Br)c1)C(O)CN. The second-order valence-electron chi connectivity index (χ2n) is 3.77. The van der Waals surface area contributed by atoms with E-state index >= 15 is 0 Å². The predicted octanol–water partition coefficient (Wildman–Crippen LogP) is 1.37. The van der Waals surface area contributed by atoms with Gasteiger partial charge in [-0.15, -0.1) is 0 Å². The van der Waals surface area contributed by atoms with Gasteiger partial charge in [0.1, 0.15) is 0 Å². The highest BCUT2D eigenvalue weighted by Crippen LogP contribution is 2.24. The molecule has 0 saturated carbocycles. The summed E-state index contributed by atoms with van der Waals surface area (Å²) < 4.78 is 1.01. The molecule has 3 N–H and O–H groups in total. The van der Waals surface area contributed by atoms with Gasteiger partial charge in [-0.1, -0.05) is 28.1 Å². The van der Waals surface area contributed by atoms with Gasteiger partial charge in [0.05, 0.1) is 12.1 Å². The van der Waals surface area contributed by atoms with Crippen LogP contribution in [0.1, 0.15) is 11.6 Å². The molecule has 0 aliphatic heterocycles. The first-order valence-corrected chi connectivity index (χ1v) is 5.65. The Labute approximate surface area is 99.0 Å². The molecule has 0 spiro atoms. The lowest BCUT2D eigenvalue weighted by atomic mass is 10.0. The van der Waals surface area contributed by atoms with Crippen LogP contribution in [-0.2, 0) is 0 Å². The highest BCUT2D eigenvalue weighted by molar-refractivity contribution is 9.10. The summed E-state index contributed by atoms with van der Waals surface area (Å²) in [5.74, 6) is 0. The van der Waals surface area contributed by atoms with Gasteiger partial charge in [0, 0.05) is 11.0 Å². The Kier molecular flexibility index (Phi) is 4.73. The number of likely N-dealkylation sites (N-methyl/N-ethyl adjacent to an activating group) is 1. The van der Waals surface area contributed by atoms with E-state index in [9.17, 15) is 5.11 Å². The third-order valence-corrected chi connectivity index (χ3v) is 2.85. The minimum Gasteiger partial charge on any atom is -0.390 e. The summed E-state index contributed by atoms with van der Waals surface area (Å²) in [6.45, 7) is 0.259. The largest absolute Gasteiger partial charge is 0.390 e. The van der Waals surface area contributed by atoms with Gasteiger partial charge in [0.2, 0.25) is 0 Å². The van der Waals surface area contributed by atoms with Crippen molar-refractivity contribution in [3.63, 3.8) is 0 Å². The van der Waals surface area contributed by atoms with E-state index in [-0.39, 0.29) is 12.6 Å². The van der Waals surface area contributed by atoms with Gasteiger partial charge in [-0.3, -0.25) is 0 Å². The Bertz CT molecular complexity index is 317. The van der Waals surface area contributed by atoms with Crippen molar-refractivity contribution >= 4 is 15.9 Å². The summed E-state index contributed by atoms with van der Waals surface area (Å²) in [6, 6.07) is 7.86. The first-order chi connectivity index (χ1) is 7.06. The zero-order valence-electron chi connectivity index (χ0n) is 9.02. The first kappa shape index (κ1) is 12.6. The molecule has 2 unspecified atom stereocenters. The molecule has 2 atom stereocenters. The Morgan fingerprint density at radius 3 is 2.60 bits per heavy atom. The molecule has 0 amide bonds. The molecule has 84 valence electrons. The summed E-state index contributed by atoms with van der Waals surface area (Å²) in [5, 5.41) is 9.85. The fraction of sp³-hybridized carbons (Fsp3) is 0.455. The molecular formula is C11H17BrN2O. The number of nitrogens with two attached hydrogens (primary N) is 1. The van der Waals surface area contributed by atoms with Crippen LogP contribution >= 0.6 is 15.9 Å². The molecule has 0 fully saturated rings. The van der Waals surface area contributed by atoms with Crippen molar-refractivity contribution in [3.8, 4) is 0 Å². The quantitative estimate of drug-likeness (QED) is 0.871. The smallest absolute Gasteiger partial charge is 0.0858 e. The molecule has 0 bridgehead atoms. The summed E-state index contributed by atoms with van der Waals surface area (Å²) in [5.41, 5.74) is 6.56. The molecule has 0 aliphatic rings. The highest BCUT2D eigenvalue weighted by atomic mass is 79.9. The second kappa shape index (κ2) is 5.61. The zero-order valence-corrected chi connectivity index (χ0v) is 10.6. The molecule has 1 aromatic carbocycles. The number of aliphatic hydroxyl groups excluding tert-OH is 1. The van der Waals surface area contributed by atoms with Gasteiger partial charge >= 0.3 is 0 Å². The van der Waals surface area contributed by atoms with Gasteiger partial charge in [-0.2, -0.15) is 0 Å². The van der Waals surface area contributed by atoms with E-state index in [4.69, 9.17) is 5.73 Å². The molecule has 3 nitrogen and oxygen atoms in total. The highest BCUT2D eigenvalue weighted by Gasteiger charge is 2.21. The van der Waals surface area contributed by atoms with E-state index in [0.717, 1.165) is 10.0 Å². The van der Waals surface area contributed by atoms with Gasteiger partial charge < -0.3 is 15.7 Å². The van der Waals surface area contributed by atoms with Crippen LogP contribution in [0.5, 0.6) is 0 Å². The predicted molar refractivity (Wildman–Crippen MR) is 65.6 cm³/mol. The van der Waals surface area contributed by atoms with Gasteiger partial charge in [0.25, 0.3) is 0 Å². The van der Waals surface area contributed by atoms with Crippen molar-refractivity contribution in [1.29, 1.82) is 0 Å². The zero-order chi connectivity index (χ0) is 11.4. The Balaban J connectivity index is 2.99. The van der Waals surface area contributed by atoms with E-state index < -0.39 is 6.10 Å². The number of hydrogen-bond donors (Lipinski definition) is 2. The number of benzene rings is 1. The van der Waals surface area contributed by atoms with Crippen LogP contribution < -0.4 is 5.73 Å². The first-order valence-electron chi connectivity index (χ1n) is 4.86. The molecule has 1 aromatic rings. The number of halogens is 1. The molecule has 0 saturated heterocycles. The van der Waals surface area contributed by atoms with E-state index in [1.807, 2.05) is 43.3 Å². The molecular weight excluding hydrogens is 256 g/mol. The molecule has 15 heavy (non-hydrogen) atoms. The van der Waals surface area contributed by atoms with Crippen LogP contribution in [0.4, 0.5) is 0 Å². The second-order valence-corrected chi connectivity index (χ2v) is 4.68. The van der Waals surface area contributed by atoms with E-state index in [2.05, 4.69) is 15.9 Å². The van der Waals surface area contributed by atoms with Crippen LogP contribution in [0, 0.1) is 0 Å². The standard InChI is InChI=1S/C11H17BrN2O/c1-14(2)11(10(15)7-13)8-4-3-5-9(12)6-8/h3-6,10-11,15H,7,13H2,1-2H3. The minimum atomic E-state index is -0.547. The van der Waals surface area contributed by atoms with Gasteiger partial charge in [-0.05, 0) is 31.8 Å². The average Bonchev–Trinajstić information content (AvgIpc) is 2.17. The van der Waals surface area contributed by atoms with Crippen molar-refractivity contribution in [2.24, 2.45) is 5.73 Å². The van der Waals surface area contributed by atoms with Gasteiger partial charge in [-0.25, -0.2) is 0 Å². The summed E-state index contributed by atoms with van der Waals surface area (Å²) in [4.78, 5) is 1.97. The van der Waals surface area contributed by atoms with Crippen molar-refractivity contribution in [2.45, 2.75) is 12.1 Å². The topological polar surface area (TPSA) is 49.5 Å². The normalized spacial score (nSPS) is 15.3. The lowest BCUT2D eigenvalue weighted by Gasteiger charge is -2.28. The van der Waals surface area contributed by atoms with Crippen molar-refractivity contribution < 1.29 is 5.11 Å². The van der Waals surface area contributed by atoms with Crippen LogP contribution in [0.15, 0.2) is 28.7 Å². The Hall–Kier alpha value is -0.420.